The Hall–Kier alpha value is -0.610. The van der Waals surface area contributed by atoms with E-state index in [2.05, 4.69) is 12.3 Å². The SMILES string of the molecule is CC1CC(N)CC(C(=O)NN(C)C)C1. The van der Waals surface area contributed by atoms with Crippen LogP contribution in [0.15, 0.2) is 0 Å². The first-order valence-electron chi connectivity index (χ1n) is 5.22. The van der Waals surface area contributed by atoms with Gasteiger partial charge in [-0.2, -0.15) is 0 Å². The predicted molar refractivity (Wildman–Crippen MR) is 56.3 cm³/mol. The molecule has 0 heterocycles. The second kappa shape index (κ2) is 4.75. The first-order chi connectivity index (χ1) is 6.49. The number of rotatable bonds is 2. The quantitative estimate of drug-likeness (QED) is 0.631. The highest BCUT2D eigenvalue weighted by Crippen LogP contribution is 2.27. The molecule has 14 heavy (non-hydrogen) atoms. The summed E-state index contributed by atoms with van der Waals surface area (Å²) in [5.74, 6) is 0.768. The van der Waals surface area contributed by atoms with E-state index in [9.17, 15) is 4.79 Å². The summed E-state index contributed by atoms with van der Waals surface area (Å²) in [4.78, 5) is 11.7. The molecule has 0 bridgehead atoms. The number of nitrogens with one attached hydrogen (secondary N) is 1. The van der Waals surface area contributed by atoms with Crippen molar-refractivity contribution in [3.8, 4) is 0 Å². The number of hydrogen-bond acceptors (Lipinski definition) is 3. The van der Waals surface area contributed by atoms with Crippen molar-refractivity contribution in [3.63, 3.8) is 0 Å². The zero-order valence-electron chi connectivity index (χ0n) is 9.29. The average Bonchev–Trinajstić information content (AvgIpc) is 2.00. The molecule has 0 aromatic heterocycles. The normalized spacial score (nSPS) is 33.1. The third-order valence-corrected chi connectivity index (χ3v) is 2.68. The van der Waals surface area contributed by atoms with E-state index in [4.69, 9.17) is 5.73 Å². The molecule has 0 aromatic carbocycles. The van der Waals surface area contributed by atoms with E-state index >= 15 is 0 Å². The average molecular weight is 199 g/mol. The molecule has 3 N–H and O–H groups in total. The molecule has 1 rings (SSSR count). The lowest BCUT2D eigenvalue weighted by atomic mass is 9.79. The van der Waals surface area contributed by atoms with Gasteiger partial charge in [-0.15, -0.1) is 0 Å². The monoisotopic (exact) mass is 199 g/mol. The van der Waals surface area contributed by atoms with Crippen molar-refractivity contribution in [1.29, 1.82) is 0 Å². The first kappa shape index (κ1) is 11.5. The lowest BCUT2D eigenvalue weighted by Crippen LogP contribution is -2.44. The van der Waals surface area contributed by atoms with Crippen molar-refractivity contribution >= 4 is 5.91 Å². The summed E-state index contributed by atoms with van der Waals surface area (Å²) in [5, 5.41) is 1.69. The number of hydrazine groups is 1. The van der Waals surface area contributed by atoms with E-state index < -0.39 is 0 Å². The van der Waals surface area contributed by atoms with Crippen LogP contribution in [0.5, 0.6) is 0 Å². The largest absolute Gasteiger partial charge is 0.328 e. The summed E-state index contributed by atoms with van der Waals surface area (Å²) in [6.45, 7) is 2.16. The Morgan fingerprint density at radius 1 is 1.36 bits per heavy atom. The minimum atomic E-state index is 0.0937. The van der Waals surface area contributed by atoms with Crippen LogP contribution >= 0.6 is 0 Å². The molecule has 1 amide bonds. The van der Waals surface area contributed by atoms with Gasteiger partial charge < -0.3 is 5.73 Å². The maximum absolute atomic E-state index is 11.7. The van der Waals surface area contributed by atoms with Crippen LogP contribution in [0, 0.1) is 11.8 Å². The van der Waals surface area contributed by atoms with Gasteiger partial charge in [0.15, 0.2) is 0 Å². The van der Waals surface area contributed by atoms with Crippen molar-refractivity contribution in [2.45, 2.75) is 32.2 Å². The molecular formula is C10H21N3O. The molecule has 4 nitrogen and oxygen atoms in total. The van der Waals surface area contributed by atoms with Gasteiger partial charge >= 0.3 is 0 Å². The predicted octanol–water partition coefficient (Wildman–Crippen LogP) is 0.343. The molecule has 0 radical (unpaired) electrons. The highest BCUT2D eigenvalue weighted by Gasteiger charge is 2.29. The number of nitrogens with zero attached hydrogens (tertiary/aromatic N) is 1. The minimum Gasteiger partial charge on any atom is -0.328 e. The van der Waals surface area contributed by atoms with Gasteiger partial charge in [-0.25, -0.2) is 5.01 Å². The Morgan fingerprint density at radius 3 is 2.50 bits per heavy atom. The van der Waals surface area contributed by atoms with Crippen molar-refractivity contribution in [2.75, 3.05) is 14.1 Å². The fourth-order valence-corrected chi connectivity index (χ4v) is 2.18. The molecule has 0 aromatic rings. The summed E-state index contributed by atoms with van der Waals surface area (Å²) >= 11 is 0. The van der Waals surface area contributed by atoms with Crippen molar-refractivity contribution < 1.29 is 4.79 Å². The molecular weight excluding hydrogens is 178 g/mol. The Balaban J connectivity index is 2.46. The molecule has 4 heteroatoms. The summed E-state index contributed by atoms with van der Waals surface area (Å²) in [6, 6.07) is 0.191. The standard InChI is InChI=1S/C10H21N3O/c1-7-4-8(6-9(11)5-7)10(14)12-13(2)3/h7-9H,4-6,11H2,1-3H3,(H,12,14). The van der Waals surface area contributed by atoms with Gasteiger partial charge in [0, 0.05) is 26.1 Å². The molecule has 1 aliphatic carbocycles. The lowest BCUT2D eigenvalue weighted by molar-refractivity contribution is -0.130. The van der Waals surface area contributed by atoms with E-state index in [0.29, 0.717) is 5.92 Å². The van der Waals surface area contributed by atoms with Crippen LogP contribution in [0.2, 0.25) is 0 Å². The first-order valence-corrected chi connectivity index (χ1v) is 5.22. The molecule has 1 saturated carbocycles. The Kier molecular flexibility index (Phi) is 3.89. The third kappa shape index (κ3) is 3.27. The van der Waals surface area contributed by atoms with Gasteiger partial charge in [0.05, 0.1) is 0 Å². The number of carbonyl (C=O) groups excluding carboxylic acids is 1. The van der Waals surface area contributed by atoms with Crippen LogP contribution in [0.1, 0.15) is 26.2 Å². The molecule has 0 aliphatic heterocycles. The van der Waals surface area contributed by atoms with Crippen LogP contribution in [0.4, 0.5) is 0 Å². The smallest absolute Gasteiger partial charge is 0.237 e. The van der Waals surface area contributed by atoms with Gasteiger partial charge in [0.25, 0.3) is 0 Å². The Labute approximate surface area is 85.8 Å². The second-order valence-electron chi connectivity index (χ2n) is 4.64. The fraction of sp³-hybridized carbons (Fsp3) is 0.900. The zero-order valence-corrected chi connectivity index (χ0v) is 9.29. The zero-order chi connectivity index (χ0) is 10.7. The summed E-state index contributed by atoms with van der Waals surface area (Å²) in [5.41, 5.74) is 8.68. The maximum Gasteiger partial charge on any atom is 0.237 e. The van der Waals surface area contributed by atoms with Crippen LogP contribution in [0.25, 0.3) is 0 Å². The summed E-state index contributed by atoms with van der Waals surface area (Å²) in [6.07, 6.45) is 2.84. The third-order valence-electron chi connectivity index (χ3n) is 2.68. The summed E-state index contributed by atoms with van der Waals surface area (Å²) < 4.78 is 0. The van der Waals surface area contributed by atoms with E-state index in [-0.39, 0.29) is 17.9 Å². The number of amides is 1. The minimum absolute atomic E-state index is 0.0937. The van der Waals surface area contributed by atoms with E-state index in [0.717, 1.165) is 19.3 Å². The number of hydrogen-bond donors (Lipinski definition) is 2. The summed E-state index contributed by atoms with van der Waals surface area (Å²) in [7, 11) is 3.65. The molecule has 3 unspecified atom stereocenters. The molecule has 82 valence electrons. The van der Waals surface area contributed by atoms with Crippen LogP contribution in [-0.4, -0.2) is 31.1 Å². The molecule has 1 fully saturated rings. The van der Waals surface area contributed by atoms with Crippen molar-refractivity contribution in [1.82, 2.24) is 10.4 Å². The van der Waals surface area contributed by atoms with Gasteiger partial charge in [-0.05, 0) is 25.2 Å². The van der Waals surface area contributed by atoms with Gasteiger partial charge in [-0.1, -0.05) is 6.92 Å². The number of carbonyl (C=O) groups is 1. The Bertz CT molecular complexity index is 196. The number of nitrogens with two attached hydrogens (primary N) is 1. The lowest BCUT2D eigenvalue weighted by Gasteiger charge is -2.31. The molecule has 1 aliphatic rings. The van der Waals surface area contributed by atoms with Gasteiger partial charge in [0.1, 0.15) is 0 Å². The van der Waals surface area contributed by atoms with E-state index in [1.807, 2.05) is 14.1 Å². The molecule has 3 atom stereocenters. The van der Waals surface area contributed by atoms with E-state index in [1.165, 1.54) is 0 Å². The molecule has 0 spiro atoms. The highest BCUT2D eigenvalue weighted by atomic mass is 16.2. The second-order valence-corrected chi connectivity index (χ2v) is 4.64. The fourth-order valence-electron chi connectivity index (χ4n) is 2.18. The van der Waals surface area contributed by atoms with Gasteiger partial charge in [0.2, 0.25) is 5.91 Å². The van der Waals surface area contributed by atoms with Crippen molar-refractivity contribution in [2.24, 2.45) is 17.6 Å². The van der Waals surface area contributed by atoms with Crippen LogP contribution < -0.4 is 11.2 Å². The van der Waals surface area contributed by atoms with Crippen molar-refractivity contribution in [3.05, 3.63) is 0 Å². The van der Waals surface area contributed by atoms with E-state index in [1.54, 1.807) is 5.01 Å². The Morgan fingerprint density at radius 2 is 2.00 bits per heavy atom. The van der Waals surface area contributed by atoms with Crippen LogP contribution in [0.3, 0.4) is 0 Å². The maximum atomic E-state index is 11.7. The molecule has 0 saturated heterocycles. The highest BCUT2D eigenvalue weighted by molar-refractivity contribution is 5.78. The van der Waals surface area contributed by atoms with Crippen LogP contribution in [-0.2, 0) is 4.79 Å². The van der Waals surface area contributed by atoms with Gasteiger partial charge in [-0.3, -0.25) is 10.2 Å². The topological polar surface area (TPSA) is 58.4 Å².